The van der Waals surface area contributed by atoms with Crippen LogP contribution in [-0.4, -0.2) is 21.7 Å². The fourth-order valence-electron chi connectivity index (χ4n) is 2.58. The molecule has 1 amide bonds. The summed E-state index contributed by atoms with van der Waals surface area (Å²) in [4.78, 5) is 28.4. The zero-order chi connectivity index (χ0) is 22.8. The van der Waals surface area contributed by atoms with Gasteiger partial charge >= 0.3 is 10.2 Å². The molecule has 2 N–H and O–H groups in total. The van der Waals surface area contributed by atoms with Gasteiger partial charge in [-0.2, -0.15) is 0 Å². The average Bonchev–Trinajstić information content (AvgIpc) is 3.20. The minimum Gasteiger partial charge on any atom is -0.342 e. The van der Waals surface area contributed by atoms with Crippen LogP contribution in [0.3, 0.4) is 0 Å². The maximum atomic E-state index is 12.7. The van der Waals surface area contributed by atoms with E-state index in [2.05, 4.69) is 15.3 Å². The summed E-state index contributed by atoms with van der Waals surface area (Å²) in [5.41, 5.74) is 1.28. The number of ketones is 1. The highest BCUT2D eigenvalue weighted by Gasteiger charge is 2.65. The first kappa shape index (κ1) is 22.2. The van der Waals surface area contributed by atoms with Crippen LogP contribution in [0.4, 0.5) is 25.1 Å². The number of H-pyrrole nitrogens is 1. The number of nitrogens with one attached hydrogen (secondary N) is 2. The Balaban J connectivity index is 1.58. The summed E-state index contributed by atoms with van der Waals surface area (Å²) in [6.07, 6.45) is 5.83. The molecule has 0 atom stereocenters. The van der Waals surface area contributed by atoms with Crippen molar-refractivity contribution in [2.45, 2.75) is 11.3 Å². The number of hydrogen-bond acceptors (Lipinski definition) is 3. The van der Waals surface area contributed by atoms with E-state index in [-0.39, 0.29) is 35.8 Å². The molecule has 0 aliphatic rings. The Morgan fingerprint density at radius 1 is 0.968 bits per heavy atom. The molecule has 164 valence electrons. The summed E-state index contributed by atoms with van der Waals surface area (Å²) in [6.45, 7) is 0. The Labute approximate surface area is 173 Å². The first-order valence-electron chi connectivity index (χ1n) is 8.75. The summed E-state index contributed by atoms with van der Waals surface area (Å²) >= 11 is 0. The topological polar surface area (TPSA) is 74.8 Å². The van der Waals surface area contributed by atoms with Gasteiger partial charge in [-0.05, 0) is 41.5 Å². The van der Waals surface area contributed by atoms with Crippen molar-refractivity contribution in [3.63, 3.8) is 0 Å². The highest BCUT2D eigenvalue weighted by atomic mass is 32.5. The molecule has 0 aliphatic heterocycles. The van der Waals surface area contributed by atoms with Gasteiger partial charge in [-0.15, -0.1) is 0 Å². The van der Waals surface area contributed by atoms with Crippen LogP contribution in [0, 0.1) is 0 Å². The summed E-state index contributed by atoms with van der Waals surface area (Å²) in [5.74, 6) is -0.626. The predicted molar refractivity (Wildman–Crippen MR) is 109 cm³/mol. The second-order valence-corrected chi connectivity index (χ2v) is 9.00. The molecular weight excluding hydrogens is 441 g/mol. The lowest BCUT2D eigenvalue weighted by Crippen LogP contribution is -2.14. The zero-order valence-corrected chi connectivity index (χ0v) is 16.5. The number of amides is 1. The highest BCUT2D eigenvalue weighted by molar-refractivity contribution is 8.45. The van der Waals surface area contributed by atoms with Crippen LogP contribution in [0.15, 0.2) is 71.9 Å². The predicted octanol–water partition coefficient (Wildman–Crippen LogP) is 6.14. The maximum Gasteiger partial charge on any atom is 0.310 e. The average molecular weight is 457 g/mol. The van der Waals surface area contributed by atoms with Crippen molar-refractivity contribution in [2.24, 2.45) is 0 Å². The lowest BCUT2D eigenvalue weighted by atomic mass is 10.1. The number of hydrogen-bond donors (Lipinski definition) is 2. The Morgan fingerprint density at radius 3 is 2.16 bits per heavy atom. The van der Waals surface area contributed by atoms with Gasteiger partial charge in [0.1, 0.15) is 4.90 Å². The van der Waals surface area contributed by atoms with Crippen molar-refractivity contribution in [1.29, 1.82) is 0 Å². The third-order valence-electron chi connectivity index (χ3n) is 4.09. The van der Waals surface area contributed by atoms with Crippen LogP contribution < -0.4 is 5.32 Å². The number of aromatic amines is 1. The third kappa shape index (κ3) is 6.25. The molecule has 0 spiro atoms. The first-order valence-corrected chi connectivity index (χ1v) is 10.7. The quantitative estimate of drug-likeness (QED) is 0.254. The van der Waals surface area contributed by atoms with Crippen molar-refractivity contribution in [3.05, 3.63) is 84.0 Å². The van der Waals surface area contributed by atoms with Crippen LogP contribution in [0.2, 0.25) is 0 Å². The summed E-state index contributed by atoms with van der Waals surface area (Å²) in [5, 5.41) is 2.36. The van der Waals surface area contributed by atoms with Gasteiger partial charge in [-0.1, -0.05) is 49.8 Å². The monoisotopic (exact) mass is 457 g/mol. The number of rotatable bonds is 7. The van der Waals surface area contributed by atoms with Gasteiger partial charge in [0, 0.05) is 18.1 Å². The second-order valence-electron chi connectivity index (χ2n) is 6.60. The Bertz CT molecular complexity index is 1130. The molecule has 0 aliphatic carbocycles. The number of allylic oxidation sites excluding steroid dienone is 1. The van der Waals surface area contributed by atoms with Gasteiger partial charge in [0.15, 0.2) is 5.82 Å². The van der Waals surface area contributed by atoms with Crippen molar-refractivity contribution < 1.29 is 29.0 Å². The fourth-order valence-corrected chi connectivity index (χ4v) is 3.23. The number of carbonyl (C=O) groups is 2. The van der Waals surface area contributed by atoms with E-state index < -0.39 is 21.0 Å². The van der Waals surface area contributed by atoms with E-state index in [1.807, 2.05) is 0 Å². The lowest BCUT2D eigenvalue weighted by Gasteiger charge is -2.40. The summed E-state index contributed by atoms with van der Waals surface area (Å²) in [7, 11) is -9.74. The number of imidazole rings is 1. The molecule has 1 heterocycles. The summed E-state index contributed by atoms with van der Waals surface area (Å²) < 4.78 is 63.6. The number of halogens is 5. The van der Waals surface area contributed by atoms with Gasteiger partial charge in [0.05, 0.1) is 6.42 Å². The molecule has 0 saturated carbocycles. The molecule has 0 radical (unpaired) electrons. The standard InChI is InChI=1S/C20H16F5N3O2S/c21-31(22,23,24,25)17-8-6-16(7-9-17)28-19(30)13-15-3-1-14(2-4-15)5-10-18(29)20-26-11-12-27-20/h1-12H,13H2,(H,26,27)(H,28,30)/b10-5+. The van der Waals surface area contributed by atoms with Crippen LogP contribution in [0.25, 0.3) is 6.08 Å². The van der Waals surface area contributed by atoms with Gasteiger partial charge in [0.2, 0.25) is 11.7 Å². The number of carbonyl (C=O) groups excluding carboxylic acids is 2. The van der Waals surface area contributed by atoms with E-state index in [0.29, 0.717) is 11.1 Å². The van der Waals surface area contributed by atoms with Crippen molar-refractivity contribution >= 4 is 33.7 Å². The molecule has 31 heavy (non-hydrogen) atoms. The molecule has 1 aromatic heterocycles. The molecule has 0 unspecified atom stereocenters. The van der Waals surface area contributed by atoms with Crippen LogP contribution in [0.1, 0.15) is 21.7 Å². The molecule has 0 fully saturated rings. The Hall–Kier alpha value is -3.47. The first-order chi connectivity index (χ1) is 14.3. The highest BCUT2D eigenvalue weighted by Crippen LogP contribution is 3.02. The fraction of sp³-hybridized carbons (Fsp3) is 0.0500. The van der Waals surface area contributed by atoms with E-state index >= 15 is 0 Å². The normalized spacial score (nSPS) is 14.1. The third-order valence-corrected chi connectivity index (χ3v) is 5.25. The number of aromatic nitrogens is 2. The van der Waals surface area contributed by atoms with Gasteiger partial charge in [-0.3, -0.25) is 9.59 Å². The van der Waals surface area contributed by atoms with E-state index in [4.69, 9.17) is 0 Å². The Morgan fingerprint density at radius 2 is 1.61 bits per heavy atom. The molecule has 0 saturated heterocycles. The molecule has 3 rings (SSSR count). The minimum atomic E-state index is -9.74. The molecule has 3 aromatic rings. The maximum absolute atomic E-state index is 12.7. The smallest absolute Gasteiger partial charge is 0.310 e. The van der Waals surface area contributed by atoms with Gasteiger partial charge in [0.25, 0.3) is 0 Å². The number of nitrogens with zero attached hydrogens (tertiary/aromatic N) is 1. The van der Waals surface area contributed by atoms with Crippen LogP contribution in [-0.2, 0) is 11.2 Å². The molecule has 11 heteroatoms. The SMILES string of the molecule is O=C(Cc1ccc(/C=C/C(=O)c2ncc[nH]2)cc1)Nc1ccc(S(F)(F)(F)(F)F)cc1. The van der Waals surface area contributed by atoms with Gasteiger partial charge < -0.3 is 10.3 Å². The van der Waals surface area contributed by atoms with E-state index in [1.165, 1.54) is 18.5 Å². The number of benzene rings is 2. The molecular formula is C20H16F5N3O2S. The zero-order valence-electron chi connectivity index (χ0n) is 15.7. The molecule has 0 bridgehead atoms. The second kappa shape index (κ2) is 7.34. The van der Waals surface area contributed by atoms with E-state index in [0.717, 1.165) is 12.1 Å². The van der Waals surface area contributed by atoms with E-state index in [9.17, 15) is 29.0 Å². The largest absolute Gasteiger partial charge is 0.342 e. The summed E-state index contributed by atoms with van der Waals surface area (Å²) in [6, 6.07) is 8.67. The van der Waals surface area contributed by atoms with Gasteiger partial charge in [-0.25, -0.2) is 4.98 Å². The molecule has 5 nitrogen and oxygen atoms in total. The molecule has 2 aromatic carbocycles. The number of anilines is 1. The lowest BCUT2D eigenvalue weighted by molar-refractivity contribution is -0.115. The van der Waals surface area contributed by atoms with Crippen molar-refractivity contribution in [1.82, 2.24) is 9.97 Å². The van der Waals surface area contributed by atoms with Crippen LogP contribution >= 0.6 is 10.2 Å². The van der Waals surface area contributed by atoms with E-state index in [1.54, 1.807) is 30.3 Å². The minimum absolute atomic E-state index is 0.0356. The van der Waals surface area contributed by atoms with Crippen molar-refractivity contribution in [2.75, 3.05) is 5.32 Å². The van der Waals surface area contributed by atoms with Crippen LogP contribution in [0.5, 0.6) is 0 Å². The van der Waals surface area contributed by atoms with Crippen molar-refractivity contribution in [3.8, 4) is 0 Å². The Kier molecular flexibility index (Phi) is 5.26.